The van der Waals surface area contributed by atoms with Crippen LogP contribution in [0.3, 0.4) is 0 Å². The maximum atomic E-state index is 13.4. The average Bonchev–Trinajstić information content (AvgIpc) is 2.70. The highest BCUT2D eigenvalue weighted by Crippen LogP contribution is 2.36. The molecule has 3 aromatic rings. The Morgan fingerprint density at radius 2 is 1.90 bits per heavy atom. The van der Waals surface area contributed by atoms with Gasteiger partial charge in [-0.05, 0) is 61.2 Å². The molecule has 154 valence electrons. The molecule has 1 saturated carbocycles. The largest absolute Gasteiger partial charge is 0.481 e. The van der Waals surface area contributed by atoms with Crippen LogP contribution < -0.4 is 5.56 Å². The molecule has 0 unspecified atom stereocenters. The zero-order valence-corrected chi connectivity index (χ0v) is 16.2. The quantitative estimate of drug-likeness (QED) is 0.650. The van der Waals surface area contributed by atoms with Crippen LogP contribution >= 0.6 is 0 Å². The topological polar surface area (TPSA) is 98.5 Å². The first-order valence-electron chi connectivity index (χ1n) is 9.50. The molecule has 1 fully saturated rings. The lowest BCUT2D eigenvalue weighted by Crippen LogP contribution is -2.33. The number of hydrogen-bond donors (Lipinski definition) is 1. The molecule has 1 aliphatic carbocycles. The standard InChI is InChI=1S/C22H19FN2O5/c1-30-22(29)13-2-7-17-18(11-13)24-19(10-12-8-14(9-12)21(27)28)25(20(17)26)16-5-3-15(23)4-6-16/h2-7,11-12,14H,8-10H2,1H3,(H,27,28). The van der Waals surface area contributed by atoms with Crippen LogP contribution in [0.5, 0.6) is 0 Å². The van der Waals surface area contributed by atoms with Crippen molar-refractivity contribution in [1.82, 2.24) is 9.55 Å². The van der Waals surface area contributed by atoms with Gasteiger partial charge in [0, 0.05) is 6.42 Å². The molecule has 1 aromatic heterocycles. The predicted molar refractivity (Wildman–Crippen MR) is 106 cm³/mol. The molecule has 0 saturated heterocycles. The Labute approximate surface area is 170 Å². The number of ether oxygens (including phenoxy) is 1. The number of aromatic nitrogens is 2. The molecule has 1 heterocycles. The molecular weight excluding hydrogens is 391 g/mol. The molecule has 7 nitrogen and oxygen atoms in total. The Kier molecular flexibility index (Phi) is 5.07. The monoisotopic (exact) mass is 410 g/mol. The van der Waals surface area contributed by atoms with Crippen LogP contribution in [0.25, 0.3) is 16.6 Å². The second-order valence-corrected chi connectivity index (χ2v) is 7.45. The number of aliphatic carboxylic acids is 1. The molecule has 0 spiro atoms. The van der Waals surface area contributed by atoms with Crippen molar-refractivity contribution in [1.29, 1.82) is 0 Å². The van der Waals surface area contributed by atoms with Crippen LogP contribution in [-0.2, 0) is 16.0 Å². The molecule has 4 rings (SSSR count). The average molecular weight is 410 g/mol. The normalized spacial score (nSPS) is 18.1. The van der Waals surface area contributed by atoms with E-state index in [1.54, 1.807) is 0 Å². The van der Waals surface area contributed by atoms with E-state index in [1.165, 1.54) is 54.1 Å². The minimum Gasteiger partial charge on any atom is -0.481 e. The van der Waals surface area contributed by atoms with Gasteiger partial charge in [-0.25, -0.2) is 14.2 Å². The minimum absolute atomic E-state index is 0.0749. The van der Waals surface area contributed by atoms with Crippen molar-refractivity contribution in [2.75, 3.05) is 7.11 Å². The van der Waals surface area contributed by atoms with Crippen LogP contribution in [-0.4, -0.2) is 33.7 Å². The van der Waals surface area contributed by atoms with E-state index in [9.17, 15) is 18.8 Å². The molecule has 8 heteroatoms. The number of carbonyl (C=O) groups excluding carboxylic acids is 1. The van der Waals surface area contributed by atoms with Crippen LogP contribution in [0.4, 0.5) is 4.39 Å². The highest BCUT2D eigenvalue weighted by Gasteiger charge is 2.35. The maximum absolute atomic E-state index is 13.4. The van der Waals surface area contributed by atoms with Gasteiger partial charge in [-0.1, -0.05) is 0 Å². The number of carbonyl (C=O) groups is 2. The van der Waals surface area contributed by atoms with Crippen LogP contribution in [0.2, 0.25) is 0 Å². The number of halogens is 1. The van der Waals surface area contributed by atoms with E-state index in [4.69, 9.17) is 9.84 Å². The summed E-state index contributed by atoms with van der Waals surface area (Å²) in [7, 11) is 1.27. The molecule has 0 radical (unpaired) electrons. The fourth-order valence-corrected chi connectivity index (χ4v) is 3.83. The van der Waals surface area contributed by atoms with Gasteiger partial charge in [-0.2, -0.15) is 0 Å². The summed E-state index contributed by atoms with van der Waals surface area (Å²) in [5, 5.41) is 9.43. The Hall–Kier alpha value is -3.55. The summed E-state index contributed by atoms with van der Waals surface area (Å²) in [4.78, 5) is 40.8. The van der Waals surface area contributed by atoms with Gasteiger partial charge in [0.2, 0.25) is 0 Å². The highest BCUT2D eigenvalue weighted by atomic mass is 19.1. The molecule has 0 bridgehead atoms. The van der Waals surface area contributed by atoms with E-state index < -0.39 is 17.8 Å². The van der Waals surface area contributed by atoms with Crippen molar-refractivity contribution in [2.45, 2.75) is 19.3 Å². The van der Waals surface area contributed by atoms with Gasteiger partial charge in [0.05, 0.1) is 35.2 Å². The van der Waals surface area contributed by atoms with Crippen molar-refractivity contribution in [3.05, 3.63) is 70.0 Å². The first-order chi connectivity index (χ1) is 14.4. The number of esters is 1. The molecular formula is C22H19FN2O5. The highest BCUT2D eigenvalue weighted by molar-refractivity contribution is 5.94. The fourth-order valence-electron chi connectivity index (χ4n) is 3.83. The van der Waals surface area contributed by atoms with Crippen LogP contribution in [0.15, 0.2) is 47.3 Å². The van der Waals surface area contributed by atoms with E-state index >= 15 is 0 Å². The van der Waals surface area contributed by atoms with Crippen LogP contribution in [0, 0.1) is 17.7 Å². The summed E-state index contributed by atoms with van der Waals surface area (Å²) in [6.45, 7) is 0. The lowest BCUT2D eigenvalue weighted by Gasteiger charge is -2.32. The second-order valence-electron chi connectivity index (χ2n) is 7.45. The second kappa shape index (κ2) is 7.70. The molecule has 0 aliphatic heterocycles. The number of methoxy groups -OCH3 is 1. The number of nitrogens with zero attached hydrogens (tertiary/aromatic N) is 2. The SMILES string of the molecule is COC(=O)c1ccc2c(=O)n(-c3ccc(F)cc3)c(CC3CC(C(=O)O)C3)nc2c1. The van der Waals surface area contributed by atoms with Crippen molar-refractivity contribution >= 4 is 22.8 Å². The number of hydrogen-bond acceptors (Lipinski definition) is 5. The zero-order valence-electron chi connectivity index (χ0n) is 16.2. The Morgan fingerprint density at radius 3 is 2.53 bits per heavy atom. The molecule has 1 aliphatic rings. The Morgan fingerprint density at radius 1 is 1.20 bits per heavy atom. The fraction of sp³-hybridized carbons (Fsp3) is 0.273. The van der Waals surface area contributed by atoms with E-state index in [1.807, 2.05) is 0 Å². The third kappa shape index (κ3) is 3.56. The van der Waals surface area contributed by atoms with Crippen molar-refractivity contribution in [3.8, 4) is 5.69 Å². The first kappa shape index (κ1) is 19.8. The van der Waals surface area contributed by atoms with Gasteiger partial charge in [0.25, 0.3) is 5.56 Å². The van der Waals surface area contributed by atoms with Crippen molar-refractivity contribution in [2.24, 2.45) is 11.8 Å². The Bertz CT molecular complexity index is 1200. The summed E-state index contributed by atoms with van der Waals surface area (Å²) in [6.07, 6.45) is 1.42. The Balaban J connectivity index is 1.83. The minimum atomic E-state index is -0.823. The molecule has 0 atom stereocenters. The zero-order chi connectivity index (χ0) is 21.4. The summed E-state index contributed by atoms with van der Waals surface area (Å²) < 4.78 is 19.6. The third-order valence-electron chi connectivity index (χ3n) is 5.50. The number of carboxylic acid groups (broad SMARTS) is 1. The molecule has 0 amide bonds. The lowest BCUT2D eigenvalue weighted by atomic mass is 9.73. The third-order valence-corrected chi connectivity index (χ3v) is 5.50. The maximum Gasteiger partial charge on any atom is 0.337 e. The first-order valence-corrected chi connectivity index (χ1v) is 9.50. The van der Waals surface area contributed by atoms with E-state index in [2.05, 4.69) is 4.98 Å². The summed E-state index contributed by atoms with van der Waals surface area (Å²) in [5.74, 6) is -1.65. The van der Waals surface area contributed by atoms with E-state index in [-0.39, 0.29) is 23.0 Å². The van der Waals surface area contributed by atoms with Gasteiger partial charge in [-0.15, -0.1) is 0 Å². The number of rotatable bonds is 5. The lowest BCUT2D eigenvalue weighted by molar-refractivity contribution is -0.146. The van der Waals surface area contributed by atoms with Gasteiger partial charge in [0.1, 0.15) is 11.6 Å². The van der Waals surface area contributed by atoms with Gasteiger partial charge < -0.3 is 9.84 Å². The van der Waals surface area contributed by atoms with Crippen LogP contribution in [0.1, 0.15) is 29.0 Å². The summed E-state index contributed by atoms with van der Waals surface area (Å²) in [5.41, 5.74) is 0.756. The van der Waals surface area contributed by atoms with Crippen molar-refractivity contribution < 1.29 is 23.8 Å². The van der Waals surface area contributed by atoms with E-state index in [0.717, 1.165) is 0 Å². The van der Waals surface area contributed by atoms with E-state index in [0.29, 0.717) is 41.7 Å². The van der Waals surface area contributed by atoms with Crippen molar-refractivity contribution in [3.63, 3.8) is 0 Å². The number of carboxylic acids is 1. The van der Waals surface area contributed by atoms with Gasteiger partial charge in [-0.3, -0.25) is 14.2 Å². The predicted octanol–water partition coefficient (Wildman–Crippen LogP) is 2.96. The number of benzene rings is 2. The van der Waals surface area contributed by atoms with Gasteiger partial charge in [0.15, 0.2) is 0 Å². The number of fused-ring (bicyclic) bond motifs is 1. The molecule has 2 aromatic carbocycles. The smallest absolute Gasteiger partial charge is 0.337 e. The van der Waals surface area contributed by atoms with Gasteiger partial charge >= 0.3 is 11.9 Å². The molecule has 30 heavy (non-hydrogen) atoms. The summed E-state index contributed by atoms with van der Waals surface area (Å²) in [6, 6.07) is 10.0. The summed E-state index contributed by atoms with van der Waals surface area (Å²) >= 11 is 0. The molecule has 1 N–H and O–H groups in total.